The third-order valence-electron chi connectivity index (χ3n) is 4.43. The molecule has 28 heavy (non-hydrogen) atoms. The SMILES string of the molecule is C#CCn1c(=NC(=O)C=Cc2ccc3c(c2)OCO3)sc2cc(CC)ccc21. The van der Waals surface area contributed by atoms with Gasteiger partial charge in [0.1, 0.15) is 0 Å². The molecule has 1 aromatic heterocycles. The minimum Gasteiger partial charge on any atom is -0.454 e. The molecule has 1 amide bonds. The van der Waals surface area contributed by atoms with Crippen molar-refractivity contribution in [3.63, 3.8) is 0 Å². The van der Waals surface area contributed by atoms with Crippen molar-refractivity contribution in [3.8, 4) is 23.8 Å². The number of hydrogen-bond donors (Lipinski definition) is 0. The number of terminal acetylenes is 1. The third kappa shape index (κ3) is 3.57. The third-order valence-corrected chi connectivity index (χ3v) is 5.47. The molecule has 2 aromatic carbocycles. The van der Waals surface area contributed by atoms with Gasteiger partial charge in [-0.05, 0) is 47.9 Å². The Morgan fingerprint density at radius 2 is 2.14 bits per heavy atom. The molecule has 6 heteroatoms. The van der Waals surface area contributed by atoms with Crippen molar-refractivity contribution in [3.05, 3.63) is 58.4 Å². The fourth-order valence-corrected chi connectivity index (χ4v) is 4.08. The van der Waals surface area contributed by atoms with E-state index < -0.39 is 0 Å². The predicted octanol–water partition coefficient (Wildman–Crippen LogP) is 3.77. The van der Waals surface area contributed by atoms with Crippen LogP contribution in [0.3, 0.4) is 0 Å². The first-order valence-corrected chi connectivity index (χ1v) is 9.71. The zero-order valence-corrected chi connectivity index (χ0v) is 16.2. The van der Waals surface area contributed by atoms with Crippen LogP contribution < -0.4 is 14.3 Å². The highest BCUT2D eigenvalue weighted by Crippen LogP contribution is 2.32. The van der Waals surface area contributed by atoms with Gasteiger partial charge < -0.3 is 14.0 Å². The molecular formula is C22H18N2O3S. The maximum Gasteiger partial charge on any atom is 0.272 e. The fourth-order valence-electron chi connectivity index (χ4n) is 2.98. The quantitative estimate of drug-likeness (QED) is 0.503. The van der Waals surface area contributed by atoms with Crippen molar-refractivity contribution in [2.45, 2.75) is 19.9 Å². The molecule has 4 rings (SSSR count). The molecule has 5 nitrogen and oxygen atoms in total. The summed E-state index contributed by atoms with van der Waals surface area (Å²) in [4.78, 5) is 17.3. The monoisotopic (exact) mass is 390 g/mol. The highest BCUT2D eigenvalue weighted by atomic mass is 32.1. The molecule has 0 saturated carbocycles. The molecule has 2 heterocycles. The molecule has 0 radical (unpaired) electrons. The molecule has 0 unspecified atom stereocenters. The molecule has 140 valence electrons. The van der Waals surface area contributed by atoms with Gasteiger partial charge in [-0.1, -0.05) is 36.3 Å². The summed E-state index contributed by atoms with van der Waals surface area (Å²) in [5.41, 5.74) is 3.07. The summed E-state index contributed by atoms with van der Waals surface area (Å²) in [5.74, 6) is 3.68. The number of carbonyl (C=O) groups is 1. The number of carbonyl (C=O) groups excluding carboxylic acids is 1. The summed E-state index contributed by atoms with van der Waals surface area (Å²) in [5, 5.41) is 0. The molecule has 0 atom stereocenters. The second kappa shape index (κ2) is 7.75. The Hall–Kier alpha value is -3.30. The summed E-state index contributed by atoms with van der Waals surface area (Å²) in [6.07, 6.45) is 9.62. The minimum absolute atomic E-state index is 0.220. The van der Waals surface area contributed by atoms with Crippen molar-refractivity contribution in [2.24, 2.45) is 4.99 Å². The normalized spacial score (nSPS) is 13.4. The van der Waals surface area contributed by atoms with Crippen LogP contribution in [0.25, 0.3) is 16.3 Å². The highest BCUT2D eigenvalue weighted by molar-refractivity contribution is 7.16. The van der Waals surface area contributed by atoms with E-state index in [2.05, 4.69) is 30.0 Å². The van der Waals surface area contributed by atoms with Gasteiger partial charge in [0.05, 0.1) is 16.8 Å². The summed E-state index contributed by atoms with van der Waals surface area (Å²) in [7, 11) is 0. The summed E-state index contributed by atoms with van der Waals surface area (Å²) in [6, 6.07) is 11.7. The standard InChI is InChI=1S/C22H18N2O3S/c1-3-11-24-17-8-5-15(4-2)13-20(17)28-22(24)23-21(25)10-7-16-6-9-18-19(12-16)27-14-26-18/h1,5-10,12-13H,4,11,14H2,2H3. The molecule has 1 aliphatic rings. The molecule has 1 aliphatic heterocycles. The van der Waals surface area contributed by atoms with E-state index in [-0.39, 0.29) is 12.7 Å². The van der Waals surface area contributed by atoms with Crippen LogP contribution in [-0.4, -0.2) is 17.3 Å². The lowest BCUT2D eigenvalue weighted by molar-refractivity contribution is -0.113. The largest absolute Gasteiger partial charge is 0.454 e. The predicted molar refractivity (Wildman–Crippen MR) is 110 cm³/mol. The van der Waals surface area contributed by atoms with Crippen LogP contribution in [0.1, 0.15) is 18.1 Å². The number of aryl methyl sites for hydroxylation is 1. The molecule has 3 aromatic rings. The van der Waals surface area contributed by atoms with Gasteiger partial charge in [0, 0.05) is 6.08 Å². The van der Waals surface area contributed by atoms with E-state index in [0.29, 0.717) is 22.8 Å². The maximum absolute atomic E-state index is 12.4. The lowest BCUT2D eigenvalue weighted by Crippen LogP contribution is -2.15. The minimum atomic E-state index is -0.342. The first kappa shape index (κ1) is 18.1. The Morgan fingerprint density at radius 3 is 2.96 bits per heavy atom. The zero-order valence-electron chi connectivity index (χ0n) is 15.3. The number of ether oxygens (including phenoxy) is 2. The number of benzene rings is 2. The Bertz CT molecular complexity index is 1190. The van der Waals surface area contributed by atoms with Gasteiger partial charge in [0.2, 0.25) is 6.79 Å². The number of aromatic nitrogens is 1. The van der Waals surface area contributed by atoms with E-state index in [1.165, 1.54) is 23.0 Å². The zero-order chi connectivity index (χ0) is 19.5. The average Bonchev–Trinajstić information content (AvgIpc) is 3.30. The van der Waals surface area contributed by atoms with Crippen LogP contribution in [0.5, 0.6) is 11.5 Å². The second-order valence-electron chi connectivity index (χ2n) is 6.23. The molecule has 0 N–H and O–H groups in total. The smallest absolute Gasteiger partial charge is 0.272 e. The Labute approximate surface area is 166 Å². The number of fused-ring (bicyclic) bond motifs is 2. The van der Waals surface area contributed by atoms with E-state index in [0.717, 1.165) is 22.2 Å². The van der Waals surface area contributed by atoms with Crippen molar-refractivity contribution in [2.75, 3.05) is 6.79 Å². The maximum atomic E-state index is 12.4. The van der Waals surface area contributed by atoms with Crippen molar-refractivity contribution in [1.82, 2.24) is 4.57 Å². The lowest BCUT2D eigenvalue weighted by atomic mass is 10.2. The number of nitrogens with zero attached hydrogens (tertiary/aromatic N) is 2. The van der Waals surface area contributed by atoms with Crippen LogP contribution in [0, 0.1) is 12.3 Å². The van der Waals surface area contributed by atoms with Crippen LogP contribution in [0.15, 0.2) is 47.5 Å². The molecule has 0 bridgehead atoms. The first-order chi connectivity index (χ1) is 13.7. The summed E-state index contributed by atoms with van der Waals surface area (Å²) >= 11 is 1.47. The van der Waals surface area contributed by atoms with Crippen LogP contribution in [0.4, 0.5) is 0 Å². The molecular weight excluding hydrogens is 372 g/mol. The fraction of sp³-hybridized carbons (Fsp3) is 0.182. The Morgan fingerprint density at radius 1 is 1.29 bits per heavy atom. The number of amides is 1. The molecule has 0 fully saturated rings. The number of hydrogen-bond acceptors (Lipinski definition) is 4. The Balaban J connectivity index is 1.65. The van der Waals surface area contributed by atoms with Crippen molar-refractivity contribution < 1.29 is 14.3 Å². The Kier molecular flexibility index (Phi) is 5.00. The summed E-state index contributed by atoms with van der Waals surface area (Å²) in [6.45, 7) is 2.70. The first-order valence-electron chi connectivity index (χ1n) is 8.90. The van der Waals surface area contributed by atoms with E-state index in [9.17, 15) is 4.79 Å². The van der Waals surface area contributed by atoms with Gasteiger partial charge in [-0.2, -0.15) is 4.99 Å². The summed E-state index contributed by atoms with van der Waals surface area (Å²) < 4.78 is 13.6. The van der Waals surface area contributed by atoms with Crippen LogP contribution >= 0.6 is 11.3 Å². The van der Waals surface area contributed by atoms with Crippen LogP contribution in [0.2, 0.25) is 0 Å². The van der Waals surface area contributed by atoms with E-state index >= 15 is 0 Å². The number of thiazole rings is 1. The topological polar surface area (TPSA) is 52.8 Å². The van der Waals surface area contributed by atoms with Gasteiger partial charge >= 0.3 is 0 Å². The van der Waals surface area contributed by atoms with E-state index in [1.807, 2.05) is 28.8 Å². The van der Waals surface area contributed by atoms with Gasteiger partial charge in [0.15, 0.2) is 16.3 Å². The van der Waals surface area contributed by atoms with Gasteiger partial charge in [0.25, 0.3) is 5.91 Å². The highest BCUT2D eigenvalue weighted by Gasteiger charge is 2.12. The van der Waals surface area contributed by atoms with Gasteiger partial charge in [-0.15, -0.1) is 6.42 Å². The molecule has 0 saturated heterocycles. The lowest BCUT2D eigenvalue weighted by Gasteiger charge is -2.00. The van der Waals surface area contributed by atoms with E-state index in [4.69, 9.17) is 15.9 Å². The van der Waals surface area contributed by atoms with Crippen molar-refractivity contribution in [1.29, 1.82) is 0 Å². The molecule has 0 spiro atoms. The van der Waals surface area contributed by atoms with Gasteiger partial charge in [-0.25, -0.2) is 0 Å². The van der Waals surface area contributed by atoms with E-state index in [1.54, 1.807) is 6.08 Å². The molecule has 0 aliphatic carbocycles. The average molecular weight is 390 g/mol. The second-order valence-corrected chi connectivity index (χ2v) is 7.24. The van der Waals surface area contributed by atoms with Crippen molar-refractivity contribution >= 4 is 33.5 Å². The van der Waals surface area contributed by atoms with Crippen LogP contribution in [-0.2, 0) is 17.8 Å². The number of rotatable bonds is 4. The van der Waals surface area contributed by atoms with Gasteiger partial charge in [-0.3, -0.25) is 4.79 Å².